The number of benzene rings is 2. The second-order valence-corrected chi connectivity index (χ2v) is 8.60. The molecule has 0 N–H and O–H groups in total. The fourth-order valence-corrected chi connectivity index (χ4v) is 4.72. The average molecular weight is 421 g/mol. The highest BCUT2D eigenvalue weighted by molar-refractivity contribution is 7.89. The van der Waals surface area contributed by atoms with Gasteiger partial charge in [-0.05, 0) is 18.2 Å². The van der Waals surface area contributed by atoms with Crippen molar-refractivity contribution < 1.29 is 26.5 Å². The Hall–Kier alpha value is -2.85. The van der Waals surface area contributed by atoms with Gasteiger partial charge in [-0.1, -0.05) is 23.4 Å². The normalized spacial score (nSPS) is 15.3. The van der Waals surface area contributed by atoms with Crippen molar-refractivity contribution in [2.45, 2.75) is 17.2 Å². The van der Waals surface area contributed by atoms with Crippen LogP contribution in [0.1, 0.15) is 23.2 Å². The van der Waals surface area contributed by atoms with Crippen LogP contribution < -0.4 is 4.74 Å². The van der Waals surface area contributed by atoms with E-state index in [1.807, 2.05) is 24.3 Å². The third-order valence-electron chi connectivity index (χ3n) is 4.70. The van der Waals surface area contributed by atoms with Gasteiger partial charge in [0, 0.05) is 31.1 Å². The summed E-state index contributed by atoms with van der Waals surface area (Å²) in [5.74, 6) is -0.675. The van der Waals surface area contributed by atoms with Crippen LogP contribution in [0.3, 0.4) is 0 Å². The van der Waals surface area contributed by atoms with Crippen LogP contribution in [0.15, 0.2) is 51.9 Å². The maximum atomic E-state index is 13.4. The SMILES string of the molecule is COc1ccccc1Cc1noc(C2CN(S(=O)(=O)c3cc(F)cc(F)c3)C2)n1. The highest BCUT2D eigenvalue weighted by Gasteiger charge is 2.40. The highest BCUT2D eigenvalue weighted by Crippen LogP contribution is 2.32. The molecule has 7 nitrogen and oxygen atoms in total. The van der Waals surface area contributed by atoms with E-state index in [0.717, 1.165) is 22.0 Å². The second kappa shape index (κ2) is 7.53. The lowest BCUT2D eigenvalue weighted by atomic mass is 10.0. The van der Waals surface area contributed by atoms with Crippen molar-refractivity contribution in [1.82, 2.24) is 14.4 Å². The Bertz CT molecular complexity index is 1120. The first-order chi connectivity index (χ1) is 13.9. The van der Waals surface area contributed by atoms with Gasteiger partial charge in [-0.3, -0.25) is 0 Å². The molecular weight excluding hydrogens is 404 g/mol. The third-order valence-corrected chi connectivity index (χ3v) is 6.51. The summed E-state index contributed by atoms with van der Waals surface area (Å²) in [6.45, 7) is 0.188. The molecule has 0 saturated carbocycles. The number of aromatic nitrogens is 2. The zero-order valence-corrected chi connectivity index (χ0v) is 16.2. The number of methoxy groups -OCH3 is 1. The number of ether oxygens (including phenoxy) is 1. The van der Waals surface area contributed by atoms with Crippen LogP contribution in [0.25, 0.3) is 0 Å². The minimum Gasteiger partial charge on any atom is -0.496 e. The molecule has 4 rings (SSSR count). The molecule has 0 unspecified atom stereocenters. The van der Waals surface area contributed by atoms with Crippen LogP contribution in [0, 0.1) is 11.6 Å². The summed E-state index contributed by atoms with van der Waals surface area (Å²) in [4.78, 5) is 3.93. The summed E-state index contributed by atoms with van der Waals surface area (Å²) >= 11 is 0. The van der Waals surface area contributed by atoms with Crippen LogP contribution >= 0.6 is 0 Å². The molecule has 10 heteroatoms. The maximum absolute atomic E-state index is 13.4. The zero-order valence-electron chi connectivity index (χ0n) is 15.4. The molecule has 1 aliphatic rings. The summed E-state index contributed by atoms with van der Waals surface area (Å²) in [6, 6.07) is 9.68. The van der Waals surface area contributed by atoms with Crippen molar-refractivity contribution in [2.75, 3.05) is 20.2 Å². The summed E-state index contributed by atoms with van der Waals surface area (Å²) < 4.78 is 63.5. The number of para-hydroxylation sites is 1. The molecule has 3 aromatic rings. The number of nitrogens with zero attached hydrogens (tertiary/aromatic N) is 3. The predicted octanol–water partition coefficient (Wildman–Crippen LogP) is 2.74. The van der Waals surface area contributed by atoms with Gasteiger partial charge in [0.15, 0.2) is 5.82 Å². The molecule has 0 atom stereocenters. The molecule has 2 heterocycles. The van der Waals surface area contributed by atoms with Crippen LogP contribution in [0.4, 0.5) is 8.78 Å². The Morgan fingerprint density at radius 3 is 2.55 bits per heavy atom. The minimum atomic E-state index is -3.99. The summed E-state index contributed by atoms with van der Waals surface area (Å²) in [5.41, 5.74) is 0.897. The monoisotopic (exact) mass is 421 g/mol. The lowest BCUT2D eigenvalue weighted by Gasteiger charge is -2.35. The molecule has 152 valence electrons. The number of halogens is 2. The molecule has 1 aliphatic heterocycles. The van der Waals surface area contributed by atoms with Crippen molar-refractivity contribution in [3.8, 4) is 5.75 Å². The van der Waals surface area contributed by atoms with E-state index in [2.05, 4.69) is 10.1 Å². The van der Waals surface area contributed by atoms with E-state index in [1.54, 1.807) is 7.11 Å². The van der Waals surface area contributed by atoms with Crippen molar-refractivity contribution in [2.24, 2.45) is 0 Å². The first-order valence-electron chi connectivity index (χ1n) is 8.77. The van der Waals surface area contributed by atoms with E-state index < -0.39 is 26.6 Å². The van der Waals surface area contributed by atoms with Gasteiger partial charge in [-0.15, -0.1) is 0 Å². The van der Waals surface area contributed by atoms with E-state index in [4.69, 9.17) is 9.26 Å². The largest absolute Gasteiger partial charge is 0.496 e. The fourth-order valence-electron chi connectivity index (χ4n) is 3.14. The molecule has 1 saturated heterocycles. The van der Waals surface area contributed by atoms with Gasteiger partial charge < -0.3 is 9.26 Å². The third kappa shape index (κ3) is 3.85. The van der Waals surface area contributed by atoms with Crippen molar-refractivity contribution >= 4 is 10.0 Å². The van der Waals surface area contributed by atoms with Crippen LogP contribution in [0.5, 0.6) is 5.75 Å². The van der Waals surface area contributed by atoms with Gasteiger partial charge in [-0.25, -0.2) is 17.2 Å². The van der Waals surface area contributed by atoms with Crippen molar-refractivity contribution in [3.63, 3.8) is 0 Å². The zero-order chi connectivity index (χ0) is 20.6. The smallest absolute Gasteiger partial charge is 0.243 e. The van der Waals surface area contributed by atoms with E-state index in [0.29, 0.717) is 30.0 Å². The van der Waals surface area contributed by atoms with Gasteiger partial charge in [0.2, 0.25) is 15.9 Å². The molecule has 1 fully saturated rings. The molecular formula is C19H17F2N3O4S. The van der Waals surface area contributed by atoms with Crippen molar-refractivity contribution in [3.05, 3.63) is 71.4 Å². The fraction of sp³-hybridized carbons (Fsp3) is 0.263. The van der Waals surface area contributed by atoms with E-state index in [-0.39, 0.29) is 19.0 Å². The summed E-state index contributed by atoms with van der Waals surface area (Å²) in [5, 5.41) is 3.95. The topological polar surface area (TPSA) is 85.5 Å². The molecule has 0 bridgehead atoms. The number of hydrogen-bond donors (Lipinski definition) is 0. The lowest BCUT2D eigenvalue weighted by molar-refractivity contribution is 0.216. The molecule has 0 spiro atoms. The first kappa shape index (κ1) is 19.5. The minimum absolute atomic E-state index is 0.0940. The van der Waals surface area contributed by atoms with E-state index in [1.165, 1.54) is 0 Å². The predicted molar refractivity (Wildman–Crippen MR) is 98.0 cm³/mol. The van der Waals surface area contributed by atoms with Crippen LogP contribution in [0.2, 0.25) is 0 Å². The summed E-state index contributed by atoms with van der Waals surface area (Å²) in [6.07, 6.45) is 0.408. The van der Waals surface area contributed by atoms with E-state index >= 15 is 0 Å². The molecule has 0 aliphatic carbocycles. The number of hydrogen-bond acceptors (Lipinski definition) is 6. The summed E-state index contributed by atoms with van der Waals surface area (Å²) in [7, 11) is -2.41. The maximum Gasteiger partial charge on any atom is 0.243 e. The first-order valence-corrected chi connectivity index (χ1v) is 10.2. The Balaban J connectivity index is 1.44. The lowest BCUT2D eigenvalue weighted by Crippen LogP contribution is -2.48. The van der Waals surface area contributed by atoms with Gasteiger partial charge >= 0.3 is 0 Å². The van der Waals surface area contributed by atoms with Gasteiger partial charge in [0.05, 0.1) is 17.9 Å². The van der Waals surface area contributed by atoms with Gasteiger partial charge in [-0.2, -0.15) is 9.29 Å². The Morgan fingerprint density at radius 2 is 1.86 bits per heavy atom. The average Bonchev–Trinajstić information content (AvgIpc) is 3.08. The number of sulfonamides is 1. The molecule has 0 amide bonds. The molecule has 29 heavy (non-hydrogen) atoms. The van der Waals surface area contributed by atoms with Crippen LogP contribution in [-0.2, 0) is 16.4 Å². The molecule has 2 aromatic carbocycles. The van der Waals surface area contributed by atoms with Crippen LogP contribution in [-0.4, -0.2) is 43.1 Å². The van der Waals surface area contributed by atoms with Crippen molar-refractivity contribution in [1.29, 1.82) is 0 Å². The van der Waals surface area contributed by atoms with Gasteiger partial charge in [0.1, 0.15) is 17.4 Å². The Labute approximate surface area is 166 Å². The molecule has 1 aromatic heterocycles. The van der Waals surface area contributed by atoms with E-state index in [9.17, 15) is 17.2 Å². The molecule has 0 radical (unpaired) electrons. The Morgan fingerprint density at radius 1 is 1.17 bits per heavy atom. The standard InChI is InChI=1S/C19H17F2N3O4S/c1-27-17-5-3-2-4-12(17)6-18-22-19(28-23-18)13-10-24(11-13)29(25,26)16-8-14(20)7-15(21)9-16/h2-5,7-9,13H,6,10-11H2,1H3. The quantitative estimate of drug-likeness (QED) is 0.609. The van der Waals surface area contributed by atoms with Gasteiger partial charge in [0.25, 0.3) is 0 Å². The highest BCUT2D eigenvalue weighted by atomic mass is 32.2. The Kier molecular flexibility index (Phi) is 5.05. The second-order valence-electron chi connectivity index (χ2n) is 6.66. The number of rotatable bonds is 6.